The van der Waals surface area contributed by atoms with Crippen molar-refractivity contribution in [1.82, 2.24) is 4.90 Å². The van der Waals surface area contributed by atoms with Gasteiger partial charge in [0.2, 0.25) is 0 Å². The highest BCUT2D eigenvalue weighted by atomic mass is 16.5. The van der Waals surface area contributed by atoms with Gasteiger partial charge in [0, 0.05) is 13.1 Å². The van der Waals surface area contributed by atoms with E-state index >= 15 is 0 Å². The molecule has 1 atom stereocenters. The molecule has 0 radical (unpaired) electrons. The zero-order valence-electron chi connectivity index (χ0n) is 14.4. The van der Waals surface area contributed by atoms with Gasteiger partial charge in [-0.05, 0) is 38.8 Å². The van der Waals surface area contributed by atoms with E-state index in [1.165, 1.54) is 19.1 Å². The highest BCUT2D eigenvalue weighted by Crippen LogP contribution is 2.21. The maximum atomic E-state index is 12.4. The van der Waals surface area contributed by atoms with Gasteiger partial charge in [0.1, 0.15) is 11.3 Å². The van der Waals surface area contributed by atoms with Gasteiger partial charge in [0.05, 0.1) is 12.5 Å². The third-order valence-corrected chi connectivity index (χ3v) is 4.18. The summed E-state index contributed by atoms with van der Waals surface area (Å²) in [6, 6.07) is 6.00. The van der Waals surface area contributed by atoms with Crippen molar-refractivity contribution in [3.05, 3.63) is 29.8 Å². The Balaban J connectivity index is 1.88. The summed E-state index contributed by atoms with van der Waals surface area (Å²) in [7, 11) is 0. The Kier molecular flexibility index (Phi) is 6.38. The number of rotatable bonds is 5. The van der Waals surface area contributed by atoms with Gasteiger partial charge in [0.15, 0.2) is 6.10 Å². The zero-order chi connectivity index (χ0) is 18.4. The van der Waals surface area contributed by atoms with Crippen LogP contribution in [0.3, 0.4) is 0 Å². The van der Waals surface area contributed by atoms with Crippen LogP contribution in [0.1, 0.15) is 37.0 Å². The van der Waals surface area contributed by atoms with E-state index in [9.17, 15) is 19.5 Å². The Morgan fingerprint density at radius 2 is 1.88 bits per heavy atom. The maximum Gasteiger partial charge on any atom is 0.342 e. The minimum absolute atomic E-state index is 0.0168. The molecule has 7 nitrogen and oxygen atoms in total. The molecule has 1 aliphatic rings. The number of nitrogens with zero attached hydrogens (tertiary/aromatic N) is 1. The summed E-state index contributed by atoms with van der Waals surface area (Å²) in [5.74, 6) is -1.68. The largest absolute Gasteiger partial charge is 0.507 e. The average Bonchev–Trinajstić information content (AvgIpc) is 2.61. The number of para-hydroxylation sites is 1. The minimum Gasteiger partial charge on any atom is -0.507 e. The van der Waals surface area contributed by atoms with Gasteiger partial charge in [-0.25, -0.2) is 4.79 Å². The summed E-state index contributed by atoms with van der Waals surface area (Å²) in [5, 5.41) is 9.67. The number of benzene rings is 1. The highest BCUT2D eigenvalue weighted by Gasteiger charge is 2.31. The molecule has 1 amide bonds. The number of hydrogen-bond donors (Lipinski definition) is 1. The van der Waals surface area contributed by atoms with Gasteiger partial charge < -0.3 is 19.5 Å². The number of aromatic hydroxyl groups is 1. The lowest BCUT2D eigenvalue weighted by Crippen LogP contribution is -2.45. The van der Waals surface area contributed by atoms with Crippen LogP contribution in [0.2, 0.25) is 0 Å². The average molecular weight is 349 g/mol. The van der Waals surface area contributed by atoms with E-state index in [-0.39, 0.29) is 29.1 Å². The van der Waals surface area contributed by atoms with Crippen LogP contribution in [0.5, 0.6) is 5.75 Å². The molecule has 25 heavy (non-hydrogen) atoms. The molecular weight excluding hydrogens is 326 g/mol. The summed E-state index contributed by atoms with van der Waals surface area (Å²) >= 11 is 0. The van der Waals surface area contributed by atoms with Gasteiger partial charge >= 0.3 is 11.9 Å². The van der Waals surface area contributed by atoms with Crippen molar-refractivity contribution in [3.8, 4) is 5.75 Å². The molecule has 0 saturated carbocycles. The summed E-state index contributed by atoms with van der Waals surface area (Å²) in [5.41, 5.74) is 0.0168. The van der Waals surface area contributed by atoms with Crippen molar-refractivity contribution in [3.63, 3.8) is 0 Å². The fourth-order valence-corrected chi connectivity index (χ4v) is 2.77. The molecular formula is C18H23NO6. The van der Waals surface area contributed by atoms with E-state index < -0.39 is 12.1 Å². The van der Waals surface area contributed by atoms with E-state index in [1.54, 1.807) is 24.0 Å². The minimum atomic E-state index is -0.966. The van der Waals surface area contributed by atoms with Crippen LogP contribution in [0.15, 0.2) is 24.3 Å². The molecule has 1 aromatic rings. The molecule has 1 N–H and O–H groups in total. The third kappa shape index (κ3) is 4.71. The predicted octanol–water partition coefficient (Wildman–Crippen LogP) is 1.74. The topological polar surface area (TPSA) is 93.1 Å². The molecule has 136 valence electrons. The molecule has 0 bridgehead atoms. The third-order valence-electron chi connectivity index (χ3n) is 4.18. The number of phenolic OH excluding ortho intramolecular Hbond substituents is 1. The van der Waals surface area contributed by atoms with Crippen LogP contribution in [0.4, 0.5) is 0 Å². The number of amides is 1. The van der Waals surface area contributed by atoms with Gasteiger partial charge in [-0.1, -0.05) is 12.1 Å². The summed E-state index contributed by atoms with van der Waals surface area (Å²) < 4.78 is 10.2. The molecule has 0 aromatic heterocycles. The molecule has 2 rings (SSSR count). The number of hydrogen-bond acceptors (Lipinski definition) is 6. The van der Waals surface area contributed by atoms with E-state index in [0.29, 0.717) is 32.5 Å². The van der Waals surface area contributed by atoms with Crippen LogP contribution in [-0.2, 0) is 19.1 Å². The fourth-order valence-electron chi connectivity index (χ4n) is 2.77. The van der Waals surface area contributed by atoms with E-state index in [1.807, 2.05) is 0 Å². The molecule has 1 heterocycles. The number of phenols is 1. The number of likely N-dealkylation sites (tertiary alicyclic amines) is 1. The Morgan fingerprint density at radius 3 is 2.48 bits per heavy atom. The molecule has 1 aromatic carbocycles. The number of carbonyl (C=O) groups excluding carboxylic acids is 3. The van der Waals surface area contributed by atoms with Crippen LogP contribution in [0, 0.1) is 5.92 Å². The van der Waals surface area contributed by atoms with E-state index in [4.69, 9.17) is 9.47 Å². The van der Waals surface area contributed by atoms with Crippen molar-refractivity contribution in [1.29, 1.82) is 0 Å². The van der Waals surface area contributed by atoms with Gasteiger partial charge in [-0.3, -0.25) is 9.59 Å². The van der Waals surface area contributed by atoms with Crippen molar-refractivity contribution < 1.29 is 29.0 Å². The zero-order valence-corrected chi connectivity index (χ0v) is 14.4. The van der Waals surface area contributed by atoms with Gasteiger partial charge in [-0.2, -0.15) is 0 Å². The second kappa shape index (κ2) is 8.50. The normalized spacial score (nSPS) is 16.2. The first-order valence-electron chi connectivity index (χ1n) is 8.38. The SMILES string of the molecule is CCOC(=O)C1CCN(C(=O)C(C)OC(=O)c2ccccc2O)CC1. The van der Waals surface area contributed by atoms with Crippen molar-refractivity contribution in [2.75, 3.05) is 19.7 Å². The fraction of sp³-hybridized carbons (Fsp3) is 0.500. The monoisotopic (exact) mass is 349 g/mol. The smallest absolute Gasteiger partial charge is 0.342 e. The molecule has 1 unspecified atom stereocenters. The molecule has 0 aliphatic carbocycles. The Bertz CT molecular complexity index is 636. The second-order valence-electron chi connectivity index (χ2n) is 5.92. The standard InChI is InChI=1S/C18H23NO6/c1-3-24-17(22)13-8-10-19(11-9-13)16(21)12(2)25-18(23)14-6-4-5-7-15(14)20/h4-7,12-13,20H,3,8-11H2,1-2H3. The van der Waals surface area contributed by atoms with Crippen molar-refractivity contribution in [2.24, 2.45) is 5.92 Å². The first-order valence-corrected chi connectivity index (χ1v) is 8.38. The first kappa shape index (κ1) is 18.8. The summed E-state index contributed by atoms with van der Waals surface area (Å²) in [6.45, 7) is 4.44. The Morgan fingerprint density at radius 1 is 1.24 bits per heavy atom. The number of piperidine rings is 1. The molecule has 1 fully saturated rings. The maximum absolute atomic E-state index is 12.4. The summed E-state index contributed by atoms with van der Waals surface area (Å²) in [6.07, 6.45) is 0.0985. The van der Waals surface area contributed by atoms with Crippen LogP contribution in [-0.4, -0.2) is 53.7 Å². The second-order valence-corrected chi connectivity index (χ2v) is 5.92. The van der Waals surface area contributed by atoms with Gasteiger partial charge in [0.25, 0.3) is 5.91 Å². The predicted molar refractivity (Wildman–Crippen MR) is 88.9 cm³/mol. The Hall–Kier alpha value is -2.57. The van der Waals surface area contributed by atoms with E-state index in [0.717, 1.165) is 0 Å². The molecule has 0 spiro atoms. The van der Waals surface area contributed by atoms with Gasteiger partial charge in [-0.15, -0.1) is 0 Å². The summed E-state index contributed by atoms with van der Waals surface area (Å²) in [4.78, 5) is 37.8. The number of carbonyl (C=O) groups is 3. The molecule has 7 heteroatoms. The van der Waals surface area contributed by atoms with Crippen LogP contribution >= 0.6 is 0 Å². The Labute approximate surface area is 146 Å². The number of esters is 2. The van der Waals surface area contributed by atoms with Crippen LogP contribution < -0.4 is 0 Å². The quantitative estimate of drug-likeness (QED) is 0.814. The van der Waals surface area contributed by atoms with Crippen LogP contribution in [0.25, 0.3) is 0 Å². The molecule has 1 saturated heterocycles. The first-order chi connectivity index (χ1) is 11.9. The number of ether oxygens (including phenoxy) is 2. The van der Waals surface area contributed by atoms with E-state index in [2.05, 4.69) is 0 Å². The lowest BCUT2D eigenvalue weighted by molar-refractivity contribution is -0.152. The van der Waals surface area contributed by atoms with Crippen molar-refractivity contribution >= 4 is 17.8 Å². The lowest BCUT2D eigenvalue weighted by Gasteiger charge is -2.32. The molecule has 1 aliphatic heterocycles. The van der Waals surface area contributed by atoms with Crippen molar-refractivity contribution in [2.45, 2.75) is 32.8 Å². The highest BCUT2D eigenvalue weighted by molar-refractivity contribution is 5.94. The lowest BCUT2D eigenvalue weighted by atomic mass is 9.97.